The summed E-state index contributed by atoms with van der Waals surface area (Å²) in [6, 6.07) is 12.0. The number of benzene rings is 2. The van der Waals surface area contributed by atoms with Gasteiger partial charge in [0, 0.05) is 5.54 Å². The van der Waals surface area contributed by atoms with E-state index in [0.717, 1.165) is 5.56 Å². The minimum Gasteiger partial charge on any atom is -0.508 e. The highest BCUT2D eigenvalue weighted by molar-refractivity contribution is 5.97. The highest BCUT2D eigenvalue weighted by atomic mass is 16.5. The van der Waals surface area contributed by atoms with Gasteiger partial charge in [-0.25, -0.2) is 5.43 Å². The third-order valence-corrected chi connectivity index (χ3v) is 4.19. The van der Waals surface area contributed by atoms with Crippen molar-refractivity contribution in [3.63, 3.8) is 0 Å². The quantitative estimate of drug-likeness (QED) is 0.332. The largest absolute Gasteiger partial charge is 0.508 e. The van der Waals surface area contributed by atoms with Crippen LogP contribution >= 0.6 is 0 Å². The second-order valence-electron chi connectivity index (χ2n) is 7.36. The summed E-state index contributed by atoms with van der Waals surface area (Å²) < 4.78 is 10.4. The Bertz CT molecular complexity index is 907. The van der Waals surface area contributed by atoms with Gasteiger partial charge in [0.25, 0.3) is 0 Å². The fraction of sp³-hybridized carbons (Fsp3) is 0.318. The van der Waals surface area contributed by atoms with Gasteiger partial charge in [-0.15, -0.1) is 0 Å². The molecule has 0 aliphatic heterocycles. The molecule has 0 fully saturated rings. The van der Waals surface area contributed by atoms with Crippen LogP contribution in [-0.2, 0) is 16.0 Å². The van der Waals surface area contributed by atoms with Gasteiger partial charge in [0.15, 0.2) is 11.5 Å². The molecule has 2 aromatic rings. The minimum atomic E-state index is -0.558. The molecule has 2 amide bonds. The zero-order valence-corrected chi connectivity index (χ0v) is 17.6. The monoisotopic (exact) mass is 413 g/mol. The molecule has 0 atom stereocenters. The number of hydrogen-bond donors (Lipinski definition) is 3. The van der Waals surface area contributed by atoms with E-state index in [9.17, 15) is 14.7 Å². The van der Waals surface area contributed by atoms with Gasteiger partial charge < -0.3 is 19.9 Å². The number of nitrogens with zero attached hydrogens (tertiary/aromatic N) is 1. The van der Waals surface area contributed by atoms with Crippen LogP contribution in [0.5, 0.6) is 17.2 Å². The van der Waals surface area contributed by atoms with Crippen LogP contribution in [0.4, 0.5) is 0 Å². The highest BCUT2D eigenvalue weighted by Gasteiger charge is 2.22. The molecule has 0 radical (unpaired) electrons. The lowest BCUT2D eigenvalue weighted by Gasteiger charge is -2.26. The second kappa shape index (κ2) is 10.3. The molecule has 0 spiro atoms. The van der Waals surface area contributed by atoms with E-state index in [1.54, 1.807) is 49.6 Å². The Kier molecular flexibility index (Phi) is 7.80. The molecule has 8 nitrogen and oxygen atoms in total. The standard InChI is InChI=1S/C22H27N3O5/c1-22(2,13-15-5-8-17(26)9-6-15)24-20(27)12-21(28)25-23-14-16-7-10-18(29-3)19(11-16)30-4/h5-11,14,26H,12-13H2,1-4H3,(H,24,27)(H,25,28). The number of rotatable bonds is 9. The van der Waals surface area contributed by atoms with E-state index < -0.39 is 17.4 Å². The summed E-state index contributed by atoms with van der Waals surface area (Å²) in [6.45, 7) is 3.73. The Morgan fingerprint density at radius 1 is 1.03 bits per heavy atom. The van der Waals surface area contributed by atoms with Crippen molar-refractivity contribution >= 4 is 18.0 Å². The zero-order valence-electron chi connectivity index (χ0n) is 17.6. The van der Waals surface area contributed by atoms with E-state index in [2.05, 4.69) is 15.8 Å². The number of aromatic hydroxyl groups is 1. The van der Waals surface area contributed by atoms with E-state index in [1.807, 2.05) is 13.8 Å². The lowest BCUT2D eigenvalue weighted by atomic mass is 9.94. The molecule has 160 valence electrons. The summed E-state index contributed by atoms with van der Waals surface area (Å²) in [5, 5.41) is 16.1. The van der Waals surface area contributed by atoms with Crippen molar-refractivity contribution in [3.8, 4) is 17.2 Å². The number of carbonyl (C=O) groups is 2. The highest BCUT2D eigenvalue weighted by Crippen LogP contribution is 2.26. The molecular weight excluding hydrogens is 386 g/mol. The summed E-state index contributed by atoms with van der Waals surface area (Å²) in [5.41, 5.74) is 3.44. The summed E-state index contributed by atoms with van der Waals surface area (Å²) >= 11 is 0. The summed E-state index contributed by atoms with van der Waals surface area (Å²) in [4.78, 5) is 24.2. The average molecular weight is 413 g/mol. The van der Waals surface area contributed by atoms with Crippen molar-refractivity contribution in [1.29, 1.82) is 0 Å². The van der Waals surface area contributed by atoms with Gasteiger partial charge in [-0.3, -0.25) is 9.59 Å². The summed E-state index contributed by atoms with van der Waals surface area (Å²) in [5.74, 6) is 0.390. The third-order valence-electron chi connectivity index (χ3n) is 4.19. The predicted molar refractivity (Wildman–Crippen MR) is 114 cm³/mol. The van der Waals surface area contributed by atoms with Crippen LogP contribution in [0.1, 0.15) is 31.4 Å². The van der Waals surface area contributed by atoms with Crippen molar-refractivity contribution in [2.75, 3.05) is 14.2 Å². The van der Waals surface area contributed by atoms with E-state index in [4.69, 9.17) is 9.47 Å². The summed E-state index contributed by atoms with van der Waals surface area (Å²) in [6.07, 6.45) is 1.66. The number of nitrogens with one attached hydrogen (secondary N) is 2. The zero-order chi connectivity index (χ0) is 22.1. The molecule has 0 saturated heterocycles. The Hall–Kier alpha value is -3.55. The molecule has 2 rings (SSSR count). The molecule has 0 aliphatic carbocycles. The first kappa shape index (κ1) is 22.7. The van der Waals surface area contributed by atoms with Crippen LogP contribution in [0.2, 0.25) is 0 Å². The normalized spacial score (nSPS) is 11.2. The molecular formula is C22H27N3O5. The Morgan fingerprint density at radius 3 is 2.33 bits per heavy atom. The molecule has 8 heteroatoms. The van der Waals surface area contributed by atoms with E-state index in [1.165, 1.54) is 13.3 Å². The minimum absolute atomic E-state index is 0.186. The molecule has 0 unspecified atom stereocenters. The number of carbonyl (C=O) groups excluding carboxylic acids is 2. The first-order valence-corrected chi connectivity index (χ1v) is 9.35. The van der Waals surface area contributed by atoms with Gasteiger partial charge >= 0.3 is 0 Å². The van der Waals surface area contributed by atoms with E-state index in [0.29, 0.717) is 23.5 Å². The van der Waals surface area contributed by atoms with E-state index in [-0.39, 0.29) is 12.2 Å². The van der Waals surface area contributed by atoms with Crippen LogP contribution in [0.25, 0.3) is 0 Å². The molecule has 0 aromatic heterocycles. The van der Waals surface area contributed by atoms with Crippen LogP contribution in [0, 0.1) is 0 Å². The fourth-order valence-corrected chi connectivity index (χ4v) is 2.89. The van der Waals surface area contributed by atoms with Crippen LogP contribution < -0.4 is 20.2 Å². The molecule has 30 heavy (non-hydrogen) atoms. The lowest BCUT2D eigenvalue weighted by Crippen LogP contribution is -2.46. The van der Waals surface area contributed by atoms with Gasteiger partial charge in [0.05, 0.1) is 20.4 Å². The first-order chi connectivity index (χ1) is 14.2. The number of hydrogen-bond acceptors (Lipinski definition) is 6. The van der Waals surface area contributed by atoms with Crippen molar-refractivity contribution in [1.82, 2.24) is 10.7 Å². The maximum Gasteiger partial charge on any atom is 0.249 e. The fourth-order valence-electron chi connectivity index (χ4n) is 2.89. The molecule has 2 aromatic carbocycles. The number of phenolic OH excluding ortho intramolecular Hbond substituents is 1. The molecule has 0 bridgehead atoms. The smallest absolute Gasteiger partial charge is 0.249 e. The van der Waals surface area contributed by atoms with Crippen molar-refractivity contribution < 1.29 is 24.2 Å². The predicted octanol–water partition coefficient (Wildman–Crippen LogP) is 2.39. The van der Waals surface area contributed by atoms with Gasteiger partial charge in [-0.1, -0.05) is 12.1 Å². The number of amides is 2. The van der Waals surface area contributed by atoms with Gasteiger partial charge in [0.1, 0.15) is 12.2 Å². The van der Waals surface area contributed by atoms with Crippen molar-refractivity contribution in [2.45, 2.75) is 32.2 Å². The van der Waals surface area contributed by atoms with Crippen molar-refractivity contribution in [3.05, 3.63) is 53.6 Å². The van der Waals surface area contributed by atoms with Gasteiger partial charge in [-0.05, 0) is 61.7 Å². The Labute approximate surface area is 175 Å². The SMILES string of the molecule is COc1ccc(C=NNC(=O)CC(=O)NC(C)(C)Cc2ccc(O)cc2)cc1OC. The lowest BCUT2D eigenvalue weighted by molar-refractivity contribution is -0.130. The van der Waals surface area contributed by atoms with E-state index >= 15 is 0 Å². The number of phenols is 1. The molecule has 0 saturated carbocycles. The average Bonchev–Trinajstić information content (AvgIpc) is 2.68. The molecule has 0 heterocycles. The second-order valence-corrected chi connectivity index (χ2v) is 7.36. The third kappa shape index (κ3) is 7.12. The Balaban J connectivity index is 1.84. The maximum atomic E-state index is 12.2. The van der Waals surface area contributed by atoms with Crippen molar-refractivity contribution in [2.24, 2.45) is 5.10 Å². The summed E-state index contributed by atoms with van der Waals surface area (Å²) in [7, 11) is 3.07. The maximum absolute atomic E-state index is 12.2. The first-order valence-electron chi connectivity index (χ1n) is 9.35. The number of hydrazone groups is 1. The topological polar surface area (TPSA) is 109 Å². The van der Waals surface area contributed by atoms with Gasteiger partial charge in [-0.2, -0.15) is 5.10 Å². The van der Waals surface area contributed by atoms with Gasteiger partial charge in [0.2, 0.25) is 11.8 Å². The van der Waals surface area contributed by atoms with Crippen LogP contribution in [0.15, 0.2) is 47.6 Å². The number of ether oxygens (including phenoxy) is 2. The Morgan fingerprint density at radius 2 is 1.70 bits per heavy atom. The molecule has 3 N–H and O–H groups in total. The van der Waals surface area contributed by atoms with Crippen LogP contribution in [-0.4, -0.2) is 42.9 Å². The molecule has 0 aliphatic rings. The van der Waals surface area contributed by atoms with Crippen LogP contribution in [0.3, 0.4) is 0 Å². The number of methoxy groups -OCH3 is 2.